The number of esters is 1. The van der Waals surface area contributed by atoms with Gasteiger partial charge in [0.2, 0.25) is 17.5 Å². The molecule has 0 radical (unpaired) electrons. The average molecular weight is 818 g/mol. The molecule has 2 saturated heterocycles. The number of aliphatic hydroxyl groups is 3. The van der Waals surface area contributed by atoms with Crippen LogP contribution in [0.5, 0.6) is 0 Å². The number of aliphatic hydroxyl groups excluding tert-OH is 2. The van der Waals surface area contributed by atoms with Crippen molar-refractivity contribution in [3.05, 3.63) is 36.0 Å². The molecule has 13 nitrogen and oxygen atoms in total. The second-order valence-electron chi connectivity index (χ2n) is 17.6. The Morgan fingerprint density at radius 3 is 2.26 bits per heavy atom. The molecule has 2 bridgehead atoms. The maximum Gasteiger partial charge on any atom is 0.329 e. The van der Waals surface area contributed by atoms with Crippen LogP contribution in [0.4, 0.5) is 0 Å². The smallest absolute Gasteiger partial charge is 0.329 e. The highest BCUT2D eigenvalue weighted by molar-refractivity contribution is 6.02. The van der Waals surface area contributed by atoms with Crippen molar-refractivity contribution in [2.45, 2.75) is 166 Å². The lowest BCUT2D eigenvalue weighted by atomic mass is 9.81. The molecule has 3 N–H and O–H groups in total. The van der Waals surface area contributed by atoms with Crippen LogP contribution in [0.25, 0.3) is 0 Å². The SMILES string of the molecule is C=CC[C@@H]1/C=C(/C)C[C@H](C)C[C@@H](OC)C2O[C@@](O)(C(=O)CC(=O)N3CCCC[C@H]3C(=O)O[C@H](/C(C)=C/C3CC[C@@H](O)[C@H](OC)C3)[C@H](C)[C@@H](O)CC1=O)[C@H](C)C[C@@H]2OC. The quantitative estimate of drug-likeness (QED) is 0.178. The Hall–Kier alpha value is -2.78. The van der Waals surface area contributed by atoms with Crippen molar-refractivity contribution in [3.8, 4) is 0 Å². The van der Waals surface area contributed by atoms with E-state index in [-0.39, 0.29) is 43.1 Å². The number of carbonyl (C=O) groups is 4. The van der Waals surface area contributed by atoms with Gasteiger partial charge in [0.15, 0.2) is 0 Å². The highest BCUT2D eigenvalue weighted by Crippen LogP contribution is 2.39. The second kappa shape index (κ2) is 21.7. The first-order chi connectivity index (χ1) is 27.5. The zero-order valence-electron chi connectivity index (χ0n) is 36.1. The first-order valence-corrected chi connectivity index (χ1v) is 21.3. The molecule has 3 aliphatic heterocycles. The number of carbonyl (C=O) groups excluding carboxylic acids is 4. The zero-order valence-corrected chi connectivity index (χ0v) is 36.1. The van der Waals surface area contributed by atoms with Gasteiger partial charge in [-0.15, -0.1) is 6.58 Å². The number of rotatable bonds is 7. The topological polar surface area (TPSA) is 178 Å². The molecule has 1 amide bonds. The minimum absolute atomic E-state index is 0.00625. The number of cyclic esters (lactones) is 1. The molecular weight excluding hydrogens is 746 g/mol. The monoisotopic (exact) mass is 817 g/mol. The van der Waals surface area contributed by atoms with Gasteiger partial charge in [0.05, 0.1) is 36.9 Å². The number of allylic oxidation sites excluding steroid dienone is 4. The summed E-state index contributed by atoms with van der Waals surface area (Å²) >= 11 is 0. The van der Waals surface area contributed by atoms with E-state index < -0.39 is 90.3 Å². The molecule has 0 aromatic rings. The van der Waals surface area contributed by atoms with E-state index in [0.717, 1.165) is 5.57 Å². The number of methoxy groups -OCH3 is 3. The van der Waals surface area contributed by atoms with Gasteiger partial charge in [0.1, 0.15) is 24.0 Å². The van der Waals surface area contributed by atoms with Crippen LogP contribution >= 0.6 is 0 Å². The van der Waals surface area contributed by atoms with Crippen LogP contribution in [0.3, 0.4) is 0 Å². The maximum absolute atomic E-state index is 14.3. The van der Waals surface area contributed by atoms with Crippen LogP contribution in [0.1, 0.15) is 112 Å². The molecule has 4 rings (SSSR count). The van der Waals surface area contributed by atoms with Gasteiger partial charge in [0.25, 0.3) is 0 Å². The molecule has 1 aliphatic carbocycles. The van der Waals surface area contributed by atoms with Gasteiger partial charge in [-0.2, -0.15) is 0 Å². The molecule has 0 spiro atoms. The number of piperidine rings is 1. The lowest BCUT2D eigenvalue weighted by Gasteiger charge is -2.46. The summed E-state index contributed by atoms with van der Waals surface area (Å²) in [5, 5.41) is 34.1. The summed E-state index contributed by atoms with van der Waals surface area (Å²) in [5.41, 5.74) is 1.65. The molecule has 2 unspecified atom stereocenters. The Balaban J connectivity index is 1.75. The fourth-order valence-corrected chi connectivity index (χ4v) is 9.63. The van der Waals surface area contributed by atoms with Crippen molar-refractivity contribution in [1.82, 2.24) is 4.90 Å². The Morgan fingerprint density at radius 1 is 0.931 bits per heavy atom. The van der Waals surface area contributed by atoms with Gasteiger partial charge in [-0.05, 0) is 95.5 Å². The van der Waals surface area contributed by atoms with E-state index in [9.17, 15) is 34.5 Å². The van der Waals surface area contributed by atoms with Crippen LogP contribution in [-0.2, 0) is 42.9 Å². The Kier molecular flexibility index (Phi) is 17.9. The fourth-order valence-electron chi connectivity index (χ4n) is 9.63. The summed E-state index contributed by atoms with van der Waals surface area (Å²) in [5.74, 6) is -6.50. The van der Waals surface area contributed by atoms with Crippen molar-refractivity contribution in [1.29, 1.82) is 0 Å². The van der Waals surface area contributed by atoms with Gasteiger partial charge in [-0.1, -0.05) is 44.6 Å². The minimum Gasteiger partial charge on any atom is -0.456 e. The molecule has 3 heterocycles. The summed E-state index contributed by atoms with van der Waals surface area (Å²) < 4.78 is 29.8. The standard InChI is InChI=1S/C45H71NO12/c1-10-13-32-19-26(2)18-27(3)20-38(55-8)43-39(56-9)22-29(5)45(53,58-43)40(50)25-41(51)46-17-12-11-14-33(46)44(52)57-42(30(6)35(48)24-36(32)49)28(4)21-31-15-16-34(47)37(23-31)54-7/h10,19,21,27,29-35,37-39,42-43,47-48,53H,1,11-18,20,22-25H2,2-9H3/b26-19-,28-21+/t27-,29+,30+,31?,32+,33-,34+,35-,37+,38+,39-,42+,43?,45+/m0/s1. The highest BCUT2D eigenvalue weighted by atomic mass is 16.7. The number of Topliss-reactive ketones (excluding diaryl/α,β-unsaturated/α-hetero) is 2. The van der Waals surface area contributed by atoms with Gasteiger partial charge >= 0.3 is 5.97 Å². The van der Waals surface area contributed by atoms with E-state index >= 15 is 0 Å². The lowest BCUT2D eigenvalue weighted by molar-refractivity contribution is -0.303. The number of ether oxygens (including phenoxy) is 5. The molecule has 13 heteroatoms. The molecule has 0 aromatic carbocycles. The highest BCUT2D eigenvalue weighted by Gasteiger charge is 2.54. The molecular formula is C45H71NO12. The minimum atomic E-state index is -2.30. The first kappa shape index (κ1) is 47.9. The molecule has 3 fully saturated rings. The van der Waals surface area contributed by atoms with E-state index in [0.29, 0.717) is 63.4 Å². The molecule has 58 heavy (non-hydrogen) atoms. The number of hydrogen-bond donors (Lipinski definition) is 3. The second-order valence-corrected chi connectivity index (χ2v) is 17.6. The zero-order chi connectivity index (χ0) is 42.9. The van der Waals surface area contributed by atoms with Crippen molar-refractivity contribution in [3.63, 3.8) is 0 Å². The van der Waals surface area contributed by atoms with Crippen LogP contribution in [-0.4, -0.2) is 126 Å². The third kappa shape index (κ3) is 11.7. The third-order valence-corrected chi connectivity index (χ3v) is 13.1. The number of amides is 1. The number of hydrogen-bond acceptors (Lipinski definition) is 12. The summed E-state index contributed by atoms with van der Waals surface area (Å²) in [6, 6.07) is -1.01. The van der Waals surface area contributed by atoms with Crippen molar-refractivity contribution >= 4 is 23.4 Å². The first-order valence-electron chi connectivity index (χ1n) is 21.3. The van der Waals surface area contributed by atoms with E-state index in [4.69, 9.17) is 23.7 Å². The van der Waals surface area contributed by atoms with E-state index in [1.54, 1.807) is 41.3 Å². The average Bonchev–Trinajstić information content (AvgIpc) is 3.19. The molecule has 328 valence electrons. The van der Waals surface area contributed by atoms with Crippen molar-refractivity contribution in [2.24, 2.45) is 29.6 Å². The lowest BCUT2D eigenvalue weighted by Crippen LogP contribution is -2.61. The van der Waals surface area contributed by atoms with Gasteiger partial charge in [-0.3, -0.25) is 14.4 Å². The van der Waals surface area contributed by atoms with Gasteiger partial charge < -0.3 is 43.9 Å². The summed E-state index contributed by atoms with van der Waals surface area (Å²) in [7, 11) is 4.66. The molecule has 4 aliphatic rings. The van der Waals surface area contributed by atoms with Gasteiger partial charge in [-0.25, -0.2) is 4.79 Å². The Morgan fingerprint density at radius 2 is 1.60 bits per heavy atom. The normalized spacial score (nSPS) is 40.7. The largest absolute Gasteiger partial charge is 0.456 e. The van der Waals surface area contributed by atoms with Crippen LogP contribution in [0.15, 0.2) is 36.0 Å². The predicted octanol–water partition coefficient (Wildman–Crippen LogP) is 5.03. The molecule has 1 saturated carbocycles. The van der Waals surface area contributed by atoms with E-state index in [1.165, 1.54) is 4.90 Å². The summed E-state index contributed by atoms with van der Waals surface area (Å²) in [6.07, 6.45) is 4.89. The summed E-state index contributed by atoms with van der Waals surface area (Å²) in [4.78, 5) is 57.6. The molecule has 14 atom stereocenters. The summed E-state index contributed by atoms with van der Waals surface area (Å²) in [6.45, 7) is 13.4. The van der Waals surface area contributed by atoms with E-state index in [1.807, 2.05) is 26.0 Å². The predicted molar refractivity (Wildman–Crippen MR) is 217 cm³/mol. The number of ketones is 2. The van der Waals surface area contributed by atoms with Crippen molar-refractivity contribution in [2.75, 3.05) is 27.9 Å². The van der Waals surface area contributed by atoms with E-state index in [2.05, 4.69) is 13.5 Å². The van der Waals surface area contributed by atoms with Crippen molar-refractivity contribution < 1.29 is 58.2 Å². The Bertz CT molecular complexity index is 1500. The van der Waals surface area contributed by atoms with Crippen LogP contribution < -0.4 is 0 Å². The van der Waals surface area contributed by atoms with Crippen LogP contribution in [0.2, 0.25) is 0 Å². The number of nitrogens with zero attached hydrogens (tertiary/aromatic N) is 1. The third-order valence-electron chi connectivity index (χ3n) is 13.1. The molecule has 0 aromatic heterocycles. The Labute approximate surface area is 345 Å². The van der Waals surface area contributed by atoms with Crippen LogP contribution in [0, 0.1) is 29.6 Å². The van der Waals surface area contributed by atoms with Gasteiger partial charge in [0, 0.05) is 52.0 Å². The fraction of sp³-hybridized carbons (Fsp3) is 0.778. The number of fused-ring (bicyclic) bond motifs is 3. The maximum atomic E-state index is 14.3.